The summed E-state index contributed by atoms with van der Waals surface area (Å²) >= 11 is 0. The number of hydrogen-bond donors (Lipinski definition) is 0. The SMILES string of the molecule is CC.CC=C1C(=C\C)/C(=C/CC)c2ccccc2N1C. The molecule has 0 aliphatic carbocycles. The second-order valence-corrected chi connectivity index (χ2v) is 4.48. The molecule has 1 heterocycles. The number of allylic oxidation sites excluding steroid dienone is 4. The number of fused-ring (bicyclic) bond motifs is 1. The molecule has 0 fully saturated rings. The van der Waals surface area contributed by atoms with Gasteiger partial charge in [0.2, 0.25) is 0 Å². The van der Waals surface area contributed by atoms with Crippen LogP contribution in [0, 0.1) is 0 Å². The van der Waals surface area contributed by atoms with Gasteiger partial charge in [0.1, 0.15) is 0 Å². The maximum Gasteiger partial charge on any atom is 0.0487 e. The summed E-state index contributed by atoms with van der Waals surface area (Å²) in [4.78, 5) is 2.28. The monoisotopic (exact) mass is 269 g/mol. The van der Waals surface area contributed by atoms with Crippen molar-refractivity contribution in [3.05, 3.63) is 59.3 Å². The van der Waals surface area contributed by atoms with E-state index in [2.05, 4.69) is 75.2 Å². The normalized spacial score (nSPS) is 19.9. The fourth-order valence-corrected chi connectivity index (χ4v) is 2.66. The highest BCUT2D eigenvalue weighted by Crippen LogP contribution is 2.42. The minimum Gasteiger partial charge on any atom is -0.344 e. The molecule has 0 atom stereocenters. The molecule has 1 aliphatic heterocycles. The van der Waals surface area contributed by atoms with Crippen molar-refractivity contribution >= 4 is 11.3 Å². The van der Waals surface area contributed by atoms with Crippen molar-refractivity contribution in [2.75, 3.05) is 11.9 Å². The first kappa shape index (κ1) is 16.3. The van der Waals surface area contributed by atoms with Crippen LogP contribution >= 0.6 is 0 Å². The van der Waals surface area contributed by atoms with E-state index in [-0.39, 0.29) is 0 Å². The number of para-hydroxylation sites is 1. The lowest BCUT2D eigenvalue weighted by Gasteiger charge is -2.34. The van der Waals surface area contributed by atoms with Gasteiger partial charge >= 0.3 is 0 Å². The molecule has 1 nitrogen and oxygen atoms in total. The number of nitrogens with zero attached hydrogens (tertiary/aromatic N) is 1. The van der Waals surface area contributed by atoms with Gasteiger partial charge in [-0.1, -0.05) is 57.2 Å². The standard InChI is InChI=1S/C17H21N.C2H6/c1-5-10-14-13(6-2)16(7-3)18(4)17-12-9-8-11-15(14)17;1-2/h6-12H,5H2,1-4H3;1-2H3/b13-6-,14-10-,16-7?;. The van der Waals surface area contributed by atoms with Crippen LogP contribution in [0.4, 0.5) is 5.69 Å². The van der Waals surface area contributed by atoms with Crippen molar-refractivity contribution in [3.63, 3.8) is 0 Å². The van der Waals surface area contributed by atoms with Crippen LogP contribution in [-0.4, -0.2) is 7.05 Å². The highest BCUT2D eigenvalue weighted by atomic mass is 15.1. The van der Waals surface area contributed by atoms with Crippen molar-refractivity contribution in [1.29, 1.82) is 0 Å². The minimum absolute atomic E-state index is 1.06. The van der Waals surface area contributed by atoms with E-state index in [9.17, 15) is 0 Å². The Morgan fingerprint density at radius 1 is 1.00 bits per heavy atom. The molecule has 0 spiro atoms. The van der Waals surface area contributed by atoms with E-state index in [4.69, 9.17) is 0 Å². The molecule has 0 amide bonds. The first-order valence-corrected chi connectivity index (χ1v) is 7.61. The Hall–Kier alpha value is -1.76. The van der Waals surface area contributed by atoms with E-state index < -0.39 is 0 Å². The molecule has 0 unspecified atom stereocenters. The van der Waals surface area contributed by atoms with Crippen LogP contribution in [-0.2, 0) is 0 Å². The van der Waals surface area contributed by atoms with Crippen LogP contribution in [0.3, 0.4) is 0 Å². The summed E-state index contributed by atoms with van der Waals surface area (Å²) in [5.41, 5.74) is 6.61. The summed E-state index contributed by atoms with van der Waals surface area (Å²) < 4.78 is 0. The molecule has 0 aromatic heterocycles. The summed E-state index contributed by atoms with van der Waals surface area (Å²) in [7, 11) is 2.14. The summed E-state index contributed by atoms with van der Waals surface area (Å²) in [6.45, 7) is 10.4. The maximum atomic E-state index is 2.32. The van der Waals surface area contributed by atoms with Crippen molar-refractivity contribution < 1.29 is 0 Å². The predicted molar refractivity (Wildman–Crippen MR) is 92.0 cm³/mol. The molecule has 0 bridgehead atoms. The third-order valence-corrected chi connectivity index (χ3v) is 3.45. The number of likely N-dealkylation sites (N-methyl/N-ethyl adjacent to an activating group) is 1. The van der Waals surface area contributed by atoms with Crippen LogP contribution in [0.15, 0.2) is 53.8 Å². The average Bonchev–Trinajstić information content (AvgIpc) is 2.51. The number of anilines is 1. The Labute approximate surface area is 124 Å². The second kappa shape index (κ2) is 7.74. The third kappa shape index (κ3) is 2.87. The molecule has 108 valence electrons. The molecule has 0 saturated carbocycles. The Balaban J connectivity index is 0.000000956. The zero-order chi connectivity index (χ0) is 15.1. The van der Waals surface area contributed by atoms with E-state index >= 15 is 0 Å². The zero-order valence-electron chi connectivity index (χ0n) is 13.7. The van der Waals surface area contributed by atoms with E-state index in [0.29, 0.717) is 0 Å². The third-order valence-electron chi connectivity index (χ3n) is 3.45. The first-order chi connectivity index (χ1) is 9.74. The molecule has 2 rings (SSSR count). The van der Waals surface area contributed by atoms with Gasteiger partial charge in [-0.05, 0) is 31.9 Å². The van der Waals surface area contributed by atoms with Gasteiger partial charge < -0.3 is 4.90 Å². The van der Waals surface area contributed by atoms with Crippen LogP contribution in [0.2, 0.25) is 0 Å². The largest absolute Gasteiger partial charge is 0.344 e. The lowest BCUT2D eigenvalue weighted by atomic mass is 9.88. The van der Waals surface area contributed by atoms with Gasteiger partial charge in [0.15, 0.2) is 0 Å². The zero-order valence-corrected chi connectivity index (χ0v) is 13.7. The summed E-state index contributed by atoms with van der Waals surface area (Å²) in [6, 6.07) is 8.62. The fraction of sp³-hybridized carbons (Fsp3) is 0.368. The highest BCUT2D eigenvalue weighted by Gasteiger charge is 2.24. The van der Waals surface area contributed by atoms with Gasteiger partial charge in [-0.15, -0.1) is 0 Å². The number of benzene rings is 1. The second-order valence-electron chi connectivity index (χ2n) is 4.48. The van der Waals surface area contributed by atoms with Gasteiger partial charge in [0.25, 0.3) is 0 Å². The molecule has 1 aromatic carbocycles. The molecule has 1 aliphatic rings. The lowest BCUT2D eigenvalue weighted by molar-refractivity contribution is 1.08. The molecular weight excluding hydrogens is 242 g/mol. The van der Waals surface area contributed by atoms with Gasteiger partial charge in [-0.2, -0.15) is 0 Å². The van der Waals surface area contributed by atoms with Crippen LogP contribution in [0.25, 0.3) is 5.57 Å². The minimum atomic E-state index is 1.06. The predicted octanol–water partition coefficient (Wildman–Crippen LogP) is 5.81. The topological polar surface area (TPSA) is 3.24 Å². The highest BCUT2D eigenvalue weighted by molar-refractivity contribution is 5.94. The Bertz CT molecular complexity index is 532. The Morgan fingerprint density at radius 3 is 2.20 bits per heavy atom. The van der Waals surface area contributed by atoms with Crippen molar-refractivity contribution in [2.45, 2.75) is 41.0 Å². The molecule has 0 radical (unpaired) electrons. The molecular formula is C19H27N. The maximum absolute atomic E-state index is 2.32. The summed E-state index contributed by atoms with van der Waals surface area (Å²) in [5.74, 6) is 0. The van der Waals surface area contributed by atoms with Crippen molar-refractivity contribution in [2.24, 2.45) is 0 Å². The van der Waals surface area contributed by atoms with Gasteiger partial charge in [0.05, 0.1) is 0 Å². The molecule has 20 heavy (non-hydrogen) atoms. The average molecular weight is 269 g/mol. The Morgan fingerprint density at radius 2 is 1.65 bits per heavy atom. The van der Waals surface area contributed by atoms with E-state index in [1.165, 1.54) is 28.1 Å². The fourth-order valence-electron chi connectivity index (χ4n) is 2.66. The van der Waals surface area contributed by atoms with E-state index in [1.807, 2.05) is 13.8 Å². The molecule has 1 aromatic rings. The van der Waals surface area contributed by atoms with Gasteiger partial charge in [-0.25, -0.2) is 0 Å². The van der Waals surface area contributed by atoms with Gasteiger partial charge in [-0.3, -0.25) is 0 Å². The molecule has 0 saturated heterocycles. The number of hydrogen-bond acceptors (Lipinski definition) is 1. The first-order valence-electron chi connectivity index (χ1n) is 7.61. The van der Waals surface area contributed by atoms with E-state index in [1.54, 1.807) is 0 Å². The quantitative estimate of drug-likeness (QED) is 0.622. The van der Waals surface area contributed by atoms with Crippen LogP contribution < -0.4 is 4.90 Å². The Kier molecular flexibility index (Phi) is 6.30. The summed E-state index contributed by atoms with van der Waals surface area (Å²) in [5, 5.41) is 0. The van der Waals surface area contributed by atoms with Crippen LogP contribution in [0.1, 0.15) is 46.6 Å². The number of rotatable bonds is 1. The van der Waals surface area contributed by atoms with Gasteiger partial charge in [0, 0.05) is 29.6 Å². The van der Waals surface area contributed by atoms with E-state index in [0.717, 1.165) is 6.42 Å². The van der Waals surface area contributed by atoms with Crippen LogP contribution in [0.5, 0.6) is 0 Å². The molecule has 1 heteroatoms. The molecule has 0 N–H and O–H groups in total. The summed E-state index contributed by atoms with van der Waals surface area (Å²) in [6.07, 6.45) is 7.78. The van der Waals surface area contributed by atoms with Crippen molar-refractivity contribution in [1.82, 2.24) is 0 Å². The smallest absolute Gasteiger partial charge is 0.0487 e. The lowest BCUT2D eigenvalue weighted by Crippen LogP contribution is -2.24. The van der Waals surface area contributed by atoms with Crippen molar-refractivity contribution in [3.8, 4) is 0 Å².